The Balaban J connectivity index is 1.81. The lowest BCUT2D eigenvalue weighted by Gasteiger charge is -2.11. The van der Waals surface area contributed by atoms with Crippen LogP contribution in [0.3, 0.4) is 0 Å². The van der Waals surface area contributed by atoms with Gasteiger partial charge in [-0.15, -0.1) is 0 Å². The average Bonchev–Trinajstić information content (AvgIpc) is 2.64. The van der Waals surface area contributed by atoms with Crippen molar-refractivity contribution in [1.82, 2.24) is 10.3 Å². The molecular weight excluding hydrogens is 329 g/mol. The number of amides is 1. The van der Waals surface area contributed by atoms with Crippen LogP contribution in [0, 0.1) is 5.82 Å². The van der Waals surface area contributed by atoms with Crippen LogP contribution in [0.2, 0.25) is 0 Å². The fraction of sp³-hybridized carbons (Fsp3) is 0.429. The summed E-state index contributed by atoms with van der Waals surface area (Å²) < 4.78 is 13.3. The van der Waals surface area contributed by atoms with E-state index in [-0.39, 0.29) is 11.7 Å². The number of nitrogens with one attached hydrogen (secondary N) is 2. The molecule has 1 aromatic carbocycles. The van der Waals surface area contributed by atoms with Gasteiger partial charge in [0.25, 0.3) is 5.91 Å². The molecule has 2 rings (SSSR count). The van der Waals surface area contributed by atoms with Gasteiger partial charge in [0.2, 0.25) is 0 Å². The van der Waals surface area contributed by atoms with Crippen LogP contribution in [0.25, 0.3) is 0 Å². The maximum Gasteiger partial charge on any atom is 0.255 e. The van der Waals surface area contributed by atoms with Gasteiger partial charge in [-0.1, -0.05) is 51.5 Å². The number of unbranched alkanes of at least 4 members (excludes halogenated alkanes) is 6. The van der Waals surface area contributed by atoms with Crippen molar-refractivity contribution >= 4 is 17.4 Å². The molecule has 2 N–H and O–H groups in total. The lowest BCUT2D eigenvalue weighted by molar-refractivity contribution is 0.0953. The van der Waals surface area contributed by atoms with Crippen molar-refractivity contribution in [2.75, 3.05) is 11.9 Å². The zero-order valence-electron chi connectivity index (χ0n) is 15.4. The molecule has 0 bridgehead atoms. The summed E-state index contributed by atoms with van der Waals surface area (Å²) in [6.45, 7) is 2.87. The first kappa shape index (κ1) is 19.9. The molecule has 140 valence electrons. The molecule has 0 aliphatic rings. The Kier molecular flexibility index (Phi) is 8.60. The van der Waals surface area contributed by atoms with Crippen molar-refractivity contribution in [2.24, 2.45) is 0 Å². The van der Waals surface area contributed by atoms with Gasteiger partial charge in [0.1, 0.15) is 11.6 Å². The Morgan fingerprint density at radius 2 is 1.81 bits per heavy atom. The number of hydrogen-bond acceptors (Lipinski definition) is 3. The molecule has 1 amide bonds. The molecule has 4 nitrogen and oxygen atoms in total. The summed E-state index contributed by atoms with van der Waals surface area (Å²) in [5.41, 5.74) is 1.02. The summed E-state index contributed by atoms with van der Waals surface area (Å²) in [7, 11) is 0. The third-order valence-corrected chi connectivity index (χ3v) is 4.21. The zero-order chi connectivity index (χ0) is 18.6. The first-order valence-corrected chi connectivity index (χ1v) is 9.46. The second-order valence-corrected chi connectivity index (χ2v) is 6.41. The minimum Gasteiger partial charge on any atom is -0.352 e. The smallest absolute Gasteiger partial charge is 0.255 e. The van der Waals surface area contributed by atoms with E-state index in [9.17, 15) is 9.18 Å². The van der Waals surface area contributed by atoms with Gasteiger partial charge < -0.3 is 10.6 Å². The van der Waals surface area contributed by atoms with Gasteiger partial charge in [-0.3, -0.25) is 4.79 Å². The van der Waals surface area contributed by atoms with Crippen LogP contribution in [0.4, 0.5) is 15.9 Å². The number of benzene rings is 1. The first-order valence-electron chi connectivity index (χ1n) is 9.46. The Morgan fingerprint density at radius 3 is 2.58 bits per heavy atom. The fourth-order valence-corrected chi connectivity index (χ4v) is 2.77. The number of rotatable bonds is 11. The number of carbonyl (C=O) groups excluding carboxylic acids is 1. The van der Waals surface area contributed by atoms with E-state index in [1.165, 1.54) is 44.2 Å². The van der Waals surface area contributed by atoms with Crippen molar-refractivity contribution in [2.45, 2.75) is 51.9 Å². The SMILES string of the molecule is CCCCCCCCCNC(=O)c1cccnc1Nc1cccc(F)c1. The van der Waals surface area contributed by atoms with Gasteiger partial charge in [-0.2, -0.15) is 0 Å². The summed E-state index contributed by atoms with van der Waals surface area (Å²) in [4.78, 5) is 16.6. The molecule has 0 aliphatic heterocycles. The number of pyridine rings is 1. The molecule has 0 aliphatic carbocycles. The van der Waals surface area contributed by atoms with E-state index in [2.05, 4.69) is 22.5 Å². The highest BCUT2D eigenvalue weighted by atomic mass is 19.1. The predicted molar refractivity (Wildman–Crippen MR) is 104 cm³/mol. The Labute approximate surface area is 155 Å². The van der Waals surface area contributed by atoms with Crippen molar-refractivity contribution < 1.29 is 9.18 Å². The number of anilines is 2. The second kappa shape index (κ2) is 11.2. The van der Waals surface area contributed by atoms with Crippen LogP contribution in [0.1, 0.15) is 62.2 Å². The van der Waals surface area contributed by atoms with Crippen LogP contribution >= 0.6 is 0 Å². The van der Waals surface area contributed by atoms with E-state index in [0.29, 0.717) is 23.6 Å². The summed E-state index contributed by atoms with van der Waals surface area (Å²) in [5, 5.41) is 5.96. The molecule has 2 aromatic rings. The molecule has 1 aromatic heterocycles. The van der Waals surface area contributed by atoms with Crippen molar-refractivity contribution in [3.05, 3.63) is 54.0 Å². The summed E-state index contributed by atoms with van der Waals surface area (Å²) in [6.07, 6.45) is 10.1. The number of aromatic nitrogens is 1. The van der Waals surface area contributed by atoms with E-state index in [0.717, 1.165) is 12.8 Å². The Morgan fingerprint density at radius 1 is 1.04 bits per heavy atom. The molecule has 0 spiro atoms. The largest absolute Gasteiger partial charge is 0.352 e. The third-order valence-electron chi connectivity index (χ3n) is 4.21. The van der Waals surface area contributed by atoms with Crippen LogP contribution in [0.15, 0.2) is 42.6 Å². The first-order chi connectivity index (χ1) is 12.7. The highest BCUT2D eigenvalue weighted by Crippen LogP contribution is 2.19. The average molecular weight is 357 g/mol. The summed E-state index contributed by atoms with van der Waals surface area (Å²) in [6, 6.07) is 9.53. The Bertz CT molecular complexity index is 690. The minimum atomic E-state index is -0.337. The molecule has 5 heteroatoms. The fourth-order valence-electron chi connectivity index (χ4n) is 2.77. The highest BCUT2D eigenvalue weighted by Gasteiger charge is 2.12. The number of halogens is 1. The van der Waals surface area contributed by atoms with Gasteiger partial charge in [0, 0.05) is 18.4 Å². The summed E-state index contributed by atoms with van der Waals surface area (Å²) >= 11 is 0. The molecule has 0 atom stereocenters. The van der Waals surface area contributed by atoms with Gasteiger partial charge in [-0.25, -0.2) is 9.37 Å². The molecule has 1 heterocycles. The Hall–Kier alpha value is -2.43. The molecule has 0 fully saturated rings. The van der Waals surface area contributed by atoms with Crippen LogP contribution < -0.4 is 10.6 Å². The zero-order valence-corrected chi connectivity index (χ0v) is 15.4. The van der Waals surface area contributed by atoms with E-state index in [4.69, 9.17) is 0 Å². The van der Waals surface area contributed by atoms with Gasteiger partial charge in [0.05, 0.1) is 5.56 Å². The molecule has 0 radical (unpaired) electrons. The van der Waals surface area contributed by atoms with E-state index in [1.807, 2.05) is 0 Å². The van der Waals surface area contributed by atoms with Crippen LogP contribution in [-0.4, -0.2) is 17.4 Å². The standard InChI is InChI=1S/C21H28FN3O/c1-2-3-4-5-6-7-8-14-24-21(26)19-13-10-15-23-20(19)25-18-12-9-11-17(22)16-18/h9-13,15-16H,2-8,14H2,1H3,(H,23,25)(H,24,26). The molecule has 0 unspecified atom stereocenters. The third kappa shape index (κ3) is 6.82. The lowest BCUT2D eigenvalue weighted by atomic mass is 10.1. The van der Waals surface area contributed by atoms with Gasteiger partial charge >= 0.3 is 0 Å². The second-order valence-electron chi connectivity index (χ2n) is 6.41. The van der Waals surface area contributed by atoms with E-state index in [1.54, 1.807) is 30.5 Å². The van der Waals surface area contributed by atoms with E-state index >= 15 is 0 Å². The molecule has 26 heavy (non-hydrogen) atoms. The topological polar surface area (TPSA) is 54.0 Å². The van der Waals surface area contributed by atoms with Crippen molar-refractivity contribution in [1.29, 1.82) is 0 Å². The summed E-state index contributed by atoms with van der Waals surface area (Å²) in [5.74, 6) is -0.0750. The number of hydrogen-bond donors (Lipinski definition) is 2. The van der Waals surface area contributed by atoms with Gasteiger partial charge in [0.15, 0.2) is 0 Å². The minimum absolute atomic E-state index is 0.164. The van der Waals surface area contributed by atoms with Gasteiger partial charge in [-0.05, 0) is 36.8 Å². The molecule has 0 saturated carbocycles. The lowest BCUT2D eigenvalue weighted by Crippen LogP contribution is -2.25. The normalized spacial score (nSPS) is 10.5. The monoisotopic (exact) mass is 357 g/mol. The van der Waals surface area contributed by atoms with Crippen LogP contribution in [-0.2, 0) is 0 Å². The van der Waals surface area contributed by atoms with E-state index < -0.39 is 0 Å². The molecule has 0 saturated heterocycles. The maximum atomic E-state index is 13.3. The number of nitrogens with zero attached hydrogens (tertiary/aromatic N) is 1. The predicted octanol–water partition coefficient (Wildman–Crippen LogP) is 5.44. The van der Waals surface area contributed by atoms with Crippen molar-refractivity contribution in [3.8, 4) is 0 Å². The maximum absolute atomic E-state index is 13.3. The quantitative estimate of drug-likeness (QED) is 0.526. The highest BCUT2D eigenvalue weighted by molar-refractivity contribution is 5.99. The number of carbonyl (C=O) groups is 1. The molecular formula is C21H28FN3O. The van der Waals surface area contributed by atoms with Crippen molar-refractivity contribution in [3.63, 3.8) is 0 Å². The van der Waals surface area contributed by atoms with Crippen LogP contribution in [0.5, 0.6) is 0 Å².